The third-order valence-corrected chi connectivity index (χ3v) is 5.75. The summed E-state index contributed by atoms with van der Waals surface area (Å²) in [6.07, 6.45) is 5.19. The van der Waals surface area contributed by atoms with Crippen LogP contribution in [-0.4, -0.2) is 33.8 Å². The molecule has 0 aromatic heterocycles. The highest BCUT2D eigenvalue weighted by Crippen LogP contribution is 2.41. The Labute approximate surface area is 166 Å². The van der Waals surface area contributed by atoms with E-state index in [1.54, 1.807) is 0 Å². The Bertz CT molecular complexity index is 565. The summed E-state index contributed by atoms with van der Waals surface area (Å²) in [6.45, 7) is 0. The molecule has 1 aliphatic carbocycles. The van der Waals surface area contributed by atoms with Gasteiger partial charge in [0.2, 0.25) is 0 Å². The lowest BCUT2D eigenvalue weighted by Crippen LogP contribution is -2.55. The zero-order valence-electron chi connectivity index (χ0n) is 14.8. The van der Waals surface area contributed by atoms with Crippen LogP contribution in [0.5, 0.6) is 0 Å². The predicted molar refractivity (Wildman–Crippen MR) is 107 cm³/mol. The molecule has 1 aromatic carbocycles. The van der Waals surface area contributed by atoms with Gasteiger partial charge < -0.3 is 20.9 Å². The molecule has 0 radical (unpaired) electrons. The maximum atomic E-state index is 11.8. The summed E-state index contributed by atoms with van der Waals surface area (Å²) in [4.78, 5) is 11.8. The monoisotopic (exact) mass is 403 g/mol. The van der Waals surface area contributed by atoms with E-state index in [9.17, 15) is 9.90 Å². The number of carboxylic acid groups (broad SMARTS) is 1. The molecule has 1 unspecified atom stereocenters. The van der Waals surface area contributed by atoms with E-state index in [4.69, 9.17) is 27.4 Å². The number of hydrogen-bond donors (Lipinski definition) is 4. The molecule has 1 aliphatic rings. The van der Waals surface area contributed by atoms with Crippen LogP contribution in [0.3, 0.4) is 0 Å². The van der Waals surface area contributed by atoms with Gasteiger partial charge in [-0.2, -0.15) is 0 Å². The number of nitrogens with two attached hydrogens (primary N) is 1. The van der Waals surface area contributed by atoms with Crippen molar-refractivity contribution in [3.05, 3.63) is 34.9 Å². The molecule has 1 aromatic rings. The lowest BCUT2D eigenvalue weighted by Gasteiger charge is -2.39. The molecular weight excluding hydrogens is 376 g/mol. The van der Waals surface area contributed by atoms with E-state index in [1.807, 2.05) is 24.3 Å². The molecule has 0 heterocycles. The normalized spacial score (nSPS) is 22.2. The van der Waals surface area contributed by atoms with Gasteiger partial charge in [0.05, 0.1) is 0 Å². The highest BCUT2D eigenvalue weighted by atomic mass is 35.5. The number of rotatable bonds is 8. The van der Waals surface area contributed by atoms with Gasteiger partial charge in [-0.3, -0.25) is 4.79 Å². The molecule has 2 rings (SSSR count). The van der Waals surface area contributed by atoms with E-state index >= 15 is 0 Å². The van der Waals surface area contributed by atoms with Crippen molar-refractivity contribution in [2.24, 2.45) is 11.7 Å². The lowest BCUT2D eigenvalue weighted by atomic mass is 9.68. The van der Waals surface area contributed by atoms with Gasteiger partial charge in [-0.05, 0) is 68.0 Å². The lowest BCUT2D eigenvalue weighted by molar-refractivity contribution is -0.146. The summed E-state index contributed by atoms with van der Waals surface area (Å²) >= 11 is 5.94. The van der Waals surface area contributed by atoms with Gasteiger partial charge >= 0.3 is 13.1 Å². The molecule has 0 aliphatic heterocycles. The highest BCUT2D eigenvalue weighted by molar-refractivity contribution is 6.40. The first-order valence-corrected chi connectivity index (χ1v) is 9.34. The number of carbonyl (C=O) groups is 1. The quantitative estimate of drug-likeness (QED) is 0.393. The smallest absolute Gasteiger partial charge is 0.451 e. The summed E-state index contributed by atoms with van der Waals surface area (Å²) in [6, 6.07) is 7.87. The van der Waals surface area contributed by atoms with Crippen molar-refractivity contribution in [2.75, 3.05) is 0 Å². The molecule has 8 heteroatoms. The third kappa shape index (κ3) is 6.13. The van der Waals surface area contributed by atoms with Crippen LogP contribution in [0.4, 0.5) is 0 Å². The summed E-state index contributed by atoms with van der Waals surface area (Å²) in [5.74, 6) is -0.573. The second kappa shape index (κ2) is 10.5. The average Bonchev–Trinajstić information content (AvgIpc) is 2.59. The largest absolute Gasteiger partial charge is 0.480 e. The molecule has 146 valence electrons. The summed E-state index contributed by atoms with van der Waals surface area (Å²) < 4.78 is 0. The fraction of sp³-hybridized carbons (Fsp3) is 0.611. The van der Waals surface area contributed by atoms with Crippen molar-refractivity contribution in [1.29, 1.82) is 0 Å². The van der Waals surface area contributed by atoms with E-state index in [2.05, 4.69) is 0 Å². The van der Waals surface area contributed by atoms with Crippen molar-refractivity contribution >= 4 is 37.1 Å². The van der Waals surface area contributed by atoms with Crippen LogP contribution < -0.4 is 5.73 Å². The number of halogens is 2. The second-order valence-electron chi connectivity index (χ2n) is 7.17. The first-order valence-electron chi connectivity index (χ1n) is 8.97. The molecule has 1 fully saturated rings. The Morgan fingerprint density at radius 2 is 1.73 bits per heavy atom. The summed E-state index contributed by atoms with van der Waals surface area (Å²) in [7, 11) is -1.34. The van der Waals surface area contributed by atoms with Gasteiger partial charge in [-0.25, -0.2) is 0 Å². The zero-order valence-corrected chi connectivity index (χ0v) is 16.4. The van der Waals surface area contributed by atoms with Crippen LogP contribution in [0, 0.1) is 5.92 Å². The van der Waals surface area contributed by atoms with E-state index in [1.165, 1.54) is 5.56 Å². The van der Waals surface area contributed by atoms with Gasteiger partial charge in [-0.1, -0.05) is 36.6 Å². The Kier molecular flexibility index (Phi) is 9.41. The van der Waals surface area contributed by atoms with E-state index in [0.717, 1.165) is 30.7 Å². The minimum atomic E-state index is -1.34. The van der Waals surface area contributed by atoms with Crippen molar-refractivity contribution in [1.82, 2.24) is 0 Å². The molecule has 0 saturated heterocycles. The summed E-state index contributed by atoms with van der Waals surface area (Å²) in [5.41, 5.74) is 6.31. The first kappa shape index (κ1) is 23.3. The highest BCUT2D eigenvalue weighted by Gasteiger charge is 2.43. The van der Waals surface area contributed by atoms with E-state index in [-0.39, 0.29) is 24.6 Å². The van der Waals surface area contributed by atoms with Crippen LogP contribution in [-0.2, 0) is 4.79 Å². The summed E-state index contributed by atoms with van der Waals surface area (Å²) in [5, 5.41) is 28.2. The minimum absolute atomic E-state index is 0. The molecule has 0 amide bonds. The van der Waals surface area contributed by atoms with Crippen LogP contribution in [0.25, 0.3) is 0 Å². The Morgan fingerprint density at radius 1 is 1.15 bits per heavy atom. The minimum Gasteiger partial charge on any atom is -0.480 e. The van der Waals surface area contributed by atoms with Crippen LogP contribution in [0.2, 0.25) is 11.3 Å². The van der Waals surface area contributed by atoms with Crippen LogP contribution in [0.1, 0.15) is 56.4 Å². The second-order valence-corrected chi connectivity index (χ2v) is 7.61. The average molecular weight is 404 g/mol. The molecular formula is C18H28BCl2NO4. The van der Waals surface area contributed by atoms with Crippen molar-refractivity contribution < 1.29 is 19.9 Å². The molecule has 1 saturated carbocycles. The van der Waals surface area contributed by atoms with Gasteiger partial charge in [0.15, 0.2) is 0 Å². The molecule has 26 heavy (non-hydrogen) atoms. The van der Waals surface area contributed by atoms with E-state index in [0.29, 0.717) is 25.2 Å². The number of unbranched alkanes of at least 4 members (excludes halogenated alkanes) is 1. The number of carboxylic acids is 1. The predicted octanol–water partition coefficient (Wildman–Crippen LogP) is 3.46. The molecule has 0 bridgehead atoms. The van der Waals surface area contributed by atoms with Gasteiger partial charge in [-0.15, -0.1) is 12.4 Å². The Morgan fingerprint density at radius 3 is 2.23 bits per heavy atom. The Balaban J connectivity index is 0.00000338. The van der Waals surface area contributed by atoms with Crippen molar-refractivity contribution in [3.8, 4) is 0 Å². The fourth-order valence-electron chi connectivity index (χ4n) is 3.91. The first-order chi connectivity index (χ1) is 11.8. The van der Waals surface area contributed by atoms with Crippen molar-refractivity contribution in [3.63, 3.8) is 0 Å². The molecule has 1 atom stereocenters. The number of aliphatic carboxylic acids is 1. The zero-order chi connectivity index (χ0) is 18.4. The maximum absolute atomic E-state index is 11.8. The van der Waals surface area contributed by atoms with Gasteiger partial charge in [0.25, 0.3) is 0 Å². The standard InChI is InChI=1S/C18H27BClNO4.ClH/c20-16-9-5-14(6-10-16)13-3-7-15(8-4-13)18(21,17(22)23)11-1-2-12-19(24)25;/h5-6,9-10,13,15,24-25H,1-4,7-8,11-12,21H2,(H,22,23);1H. The number of hydrogen-bond acceptors (Lipinski definition) is 4. The fourth-order valence-corrected chi connectivity index (χ4v) is 4.03. The van der Waals surface area contributed by atoms with Gasteiger partial charge in [0, 0.05) is 5.02 Å². The molecule has 5 N–H and O–H groups in total. The van der Waals surface area contributed by atoms with Gasteiger partial charge in [0.1, 0.15) is 5.54 Å². The number of benzene rings is 1. The SMILES string of the molecule is Cl.NC(CCCCB(O)O)(C(=O)O)C1CCC(c2ccc(Cl)cc2)CC1. The van der Waals surface area contributed by atoms with Crippen molar-refractivity contribution in [2.45, 2.75) is 62.7 Å². The van der Waals surface area contributed by atoms with Crippen LogP contribution >= 0.6 is 24.0 Å². The Hall–Kier alpha value is -0.785. The van der Waals surface area contributed by atoms with E-state index < -0.39 is 18.6 Å². The maximum Gasteiger partial charge on any atom is 0.451 e. The molecule has 0 spiro atoms. The molecule has 5 nitrogen and oxygen atoms in total. The third-order valence-electron chi connectivity index (χ3n) is 5.50. The van der Waals surface area contributed by atoms with Crippen LogP contribution in [0.15, 0.2) is 24.3 Å². The topological polar surface area (TPSA) is 104 Å².